The highest BCUT2D eigenvalue weighted by atomic mass is 19.1. The van der Waals surface area contributed by atoms with Crippen molar-refractivity contribution < 1.29 is 9.18 Å². The predicted octanol–water partition coefficient (Wildman–Crippen LogP) is 3.83. The lowest BCUT2D eigenvalue weighted by molar-refractivity contribution is -0.136. The second-order valence-electron chi connectivity index (χ2n) is 9.79. The number of carbonyl (C=O) groups excluding carboxylic acids is 1. The van der Waals surface area contributed by atoms with Crippen LogP contribution in [0.1, 0.15) is 56.3 Å². The third-order valence-corrected chi connectivity index (χ3v) is 7.22. The zero-order valence-corrected chi connectivity index (χ0v) is 17.9. The number of imidazole rings is 1. The number of aromatic nitrogens is 2. The number of halogens is 1. The Morgan fingerprint density at radius 3 is 2.67 bits per heavy atom. The predicted molar refractivity (Wildman–Crippen MR) is 113 cm³/mol. The third-order valence-electron chi connectivity index (χ3n) is 7.22. The molecule has 2 saturated heterocycles. The van der Waals surface area contributed by atoms with Crippen molar-refractivity contribution in [1.82, 2.24) is 19.4 Å². The first kappa shape index (κ1) is 19.7. The highest BCUT2D eigenvalue weighted by Gasteiger charge is 2.58. The van der Waals surface area contributed by atoms with Gasteiger partial charge in [0.2, 0.25) is 5.91 Å². The van der Waals surface area contributed by atoms with Gasteiger partial charge in [0.05, 0.1) is 17.4 Å². The molecule has 1 amide bonds. The summed E-state index contributed by atoms with van der Waals surface area (Å²) < 4.78 is 15.5. The Balaban J connectivity index is 1.42. The Morgan fingerprint density at radius 2 is 2.00 bits per heavy atom. The zero-order chi connectivity index (χ0) is 20.9. The fraction of sp³-hybridized carbons (Fsp3) is 0.583. The molecular formula is C24H31FN4O. The van der Waals surface area contributed by atoms with Gasteiger partial charge in [-0.2, -0.15) is 0 Å². The molecule has 3 fully saturated rings. The highest BCUT2D eigenvalue weighted by molar-refractivity contribution is 5.87. The topological polar surface area (TPSA) is 41.4 Å². The molecule has 1 aromatic heterocycles. The second kappa shape index (κ2) is 7.49. The molecule has 0 bridgehead atoms. The van der Waals surface area contributed by atoms with Gasteiger partial charge in [-0.05, 0) is 56.7 Å². The summed E-state index contributed by atoms with van der Waals surface area (Å²) in [6.45, 7) is 8.38. The fourth-order valence-electron chi connectivity index (χ4n) is 5.28. The van der Waals surface area contributed by atoms with Crippen LogP contribution in [-0.4, -0.2) is 51.4 Å². The number of likely N-dealkylation sites (tertiary alicyclic amines) is 2. The maximum absolute atomic E-state index is 13.7. The van der Waals surface area contributed by atoms with Crippen molar-refractivity contribution in [3.8, 4) is 0 Å². The van der Waals surface area contributed by atoms with Crippen molar-refractivity contribution in [3.05, 3.63) is 53.9 Å². The Bertz CT molecular complexity index is 920. The molecule has 1 spiro atoms. The summed E-state index contributed by atoms with van der Waals surface area (Å²) in [7, 11) is 0. The van der Waals surface area contributed by atoms with Gasteiger partial charge in [-0.3, -0.25) is 9.69 Å². The maximum Gasteiger partial charge on any atom is 0.230 e. The molecule has 1 aliphatic carbocycles. The lowest BCUT2D eigenvalue weighted by atomic mass is 9.75. The van der Waals surface area contributed by atoms with E-state index in [9.17, 15) is 9.18 Å². The van der Waals surface area contributed by atoms with Crippen LogP contribution in [-0.2, 0) is 11.3 Å². The highest BCUT2D eigenvalue weighted by Crippen LogP contribution is 2.50. The van der Waals surface area contributed by atoms with E-state index in [1.807, 2.05) is 18.5 Å². The molecule has 2 atom stereocenters. The van der Waals surface area contributed by atoms with Gasteiger partial charge >= 0.3 is 0 Å². The Labute approximate surface area is 177 Å². The molecule has 30 heavy (non-hydrogen) atoms. The van der Waals surface area contributed by atoms with Crippen LogP contribution in [0, 0.1) is 17.2 Å². The molecule has 3 heterocycles. The quantitative estimate of drug-likeness (QED) is 0.727. The van der Waals surface area contributed by atoms with E-state index in [4.69, 9.17) is 4.98 Å². The molecular weight excluding hydrogens is 379 g/mol. The van der Waals surface area contributed by atoms with Crippen LogP contribution in [0.3, 0.4) is 0 Å². The first-order valence-electron chi connectivity index (χ1n) is 11.2. The summed E-state index contributed by atoms with van der Waals surface area (Å²) in [4.78, 5) is 22.9. The van der Waals surface area contributed by atoms with E-state index in [1.165, 1.54) is 25.0 Å². The van der Waals surface area contributed by atoms with Gasteiger partial charge in [0, 0.05) is 50.9 Å². The average molecular weight is 411 g/mol. The number of rotatable bonds is 6. The monoisotopic (exact) mass is 410 g/mol. The molecule has 5 nitrogen and oxygen atoms in total. The Hall–Kier alpha value is -2.21. The molecule has 5 rings (SSSR count). The first-order valence-corrected chi connectivity index (χ1v) is 11.2. The van der Waals surface area contributed by atoms with E-state index in [2.05, 4.69) is 34.4 Å². The Kier molecular flexibility index (Phi) is 4.92. The van der Waals surface area contributed by atoms with Gasteiger partial charge in [-0.15, -0.1) is 0 Å². The van der Waals surface area contributed by atoms with E-state index >= 15 is 0 Å². The van der Waals surface area contributed by atoms with Gasteiger partial charge in [0.25, 0.3) is 0 Å². The third kappa shape index (κ3) is 3.55. The molecule has 160 valence electrons. The summed E-state index contributed by atoms with van der Waals surface area (Å²) in [5.41, 5.74) is 1.73. The lowest BCUT2D eigenvalue weighted by Crippen LogP contribution is -2.40. The van der Waals surface area contributed by atoms with Crippen LogP contribution in [0.5, 0.6) is 0 Å². The van der Waals surface area contributed by atoms with Gasteiger partial charge in [-0.25, -0.2) is 9.37 Å². The van der Waals surface area contributed by atoms with Crippen LogP contribution < -0.4 is 0 Å². The first-order chi connectivity index (χ1) is 14.4. The normalized spacial score (nSPS) is 27.1. The summed E-state index contributed by atoms with van der Waals surface area (Å²) >= 11 is 0. The SMILES string of the molecule is CC(C)n1cnc([C@H]2CN(Cc3ccc(F)cc3)C[C@@]23CCN(CC2CC2)C3=O)c1. The number of carbonyl (C=O) groups is 1. The Morgan fingerprint density at radius 1 is 1.23 bits per heavy atom. The summed E-state index contributed by atoms with van der Waals surface area (Å²) in [6.07, 6.45) is 7.45. The second-order valence-corrected chi connectivity index (χ2v) is 9.79. The fourth-order valence-corrected chi connectivity index (χ4v) is 5.28. The van der Waals surface area contributed by atoms with E-state index < -0.39 is 0 Å². The van der Waals surface area contributed by atoms with Gasteiger partial charge in [0.1, 0.15) is 5.82 Å². The lowest BCUT2D eigenvalue weighted by Gasteiger charge is -2.28. The molecule has 2 aliphatic heterocycles. The number of amides is 1. The zero-order valence-electron chi connectivity index (χ0n) is 17.9. The molecule has 0 radical (unpaired) electrons. The van der Waals surface area contributed by atoms with Crippen molar-refractivity contribution in [3.63, 3.8) is 0 Å². The van der Waals surface area contributed by atoms with Gasteiger partial charge in [-0.1, -0.05) is 12.1 Å². The van der Waals surface area contributed by atoms with Crippen LogP contribution in [0.15, 0.2) is 36.8 Å². The molecule has 0 N–H and O–H groups in total. The van der Waals surface area contributed by atoms with Gasteiger partial charge in [0.15, 0.2) is 0 Å². The number of nitrogens with zero attached hydrogens (tertiary/aromatic N) is 4. The van der Waals surface area contributed by atoms with Crippen molar-refractivity contribution in [2.75, 3.05) is 26.2 Å². The molecule has 3 aliphatic rings. The summed E-state index contributed by atoms with van der Waals surface area (Å²) in [6, 6.07) is 7.07. The summed E-state index contributed by atoms with van der Waals surface area (Å²) in [5.74, 6) is 0.921. The maximum atomic E-state index is 13.7. The minimum absolute atomic E-state index is 0.106. The van der Waals surface area contributed by atoms with Crippen molar-refractivity contribution in [2.24, 2.45) is 11.3 Å². The minimum atomic E-state index is -0.384. The van der Waals surface area contributed by atoms with E-state index in [0.717, 1.165) is 50.4 Å². The summed E-state index contributed by atoms with van der Waals surface area (Å²) in [5, 5.41) is 0. The molecule has 0 unspecified atom stereocenters. The van der Waals surface area contributed by atoms with Crippen molar-refractivity contribution >= 4 is 5.91 Å². The largest absolute Gasteiger partial charge is 0.342 e. The van der Waals surface area contributed by atoms with E-state index in [0.29, 0.717) is 17.9 Å². The molecule has 6 heteroatoms. The van der Waals surface area contributed by atoms with Crippen LogP contribution >= 0.6 is 0 Å². The number of hydrogen-bond acceptors (Lipinski definition) is 3. The number of hydrogen-bond donors (Lipinski definition) is 0. The van der Waals surface area contributed by atoms with Crippen LogP contribution in [0.25, 0.3) is 0 Å². The average Bonchev–Trinajstić information content (AvgIpc) is 3.15. The van der Waals surface area contributed by atoms with Gasteiger partial charge < -0.3 is 9.47 Å². The number of benzene rings is 1. The molecule has 1 aromatic carbocycles. The smallest absolute Gasteiger partial charge is 0.230 e. The van der Waals surface area contributed by atoms with E-state index in [-0.39, 0.29) is 17.2 Å². The van der Waals surface area contributed by atoms with Crippen molar-refractivity contribution in [2.45, 2.75) is 51.6 Å². The van der Waals surface area contributed by atoms with E-state index in [1.54, 1.807) is 0 Å². The minimum Gasteiger partial charge on any atom is -0.342 e. The molecule has 2 aromatic rings. The van der Waals surface area contributed by atoms with Crippen molar-refractivity contribution in [1.29, 1.82) is 0 Å². The van der Waals surface area contributed by atoms with Crippen LogP contribution in [0.4, 0.5) is 4.39 Å². The molecule has 1 saturated carbocycles. The van der Waals surface area contributed by atoms with Crippen LogP contribution in [0.2, 0.25) is 0 Å². The standard InChI is InChI=1S/C24H31FN4O/c1-17(2)29-14-22(26-16-29)21-13-27(11-18-5-7-20(25)8-6-18)15-24(21)9-10-28(23(24)30)12-19-3-4-19/h5-8,14,16-17,19,21H,3-4,9-13,15H2,1-2H3/t21-,24+/m1/s1.